The summed E-state index contributed by atoms with van der Waals surface area (Å²) in [5.74, 6) is 0.714. The molecule has 0 saturated heterocycles. The van der Waals surface area contributed by atoms with Crippen molar-refractivity contribution in [2.75, 3.05) is 7.11 Å². The summed E-state index contributed by atoms with van der Waals surface area (Å²) in [6.45, 7) is 0. The Bertz CT molecular complexity index is 972. The molecule has 0 unspecified atom stereocenters. The van der Waals surface area contributed by atoms with Crippen LogP contribution in [0.2, 0.25) is 0 Å². The SMILES string of the molecule is COc1ccc([C@@H]2CC(=O)C[C@@]3(C(C#N)C#N)CC[C@H](c4ccccc4)C[C@@H]23)cc1. The van der Waals surface area contributed by atoms with Crippen molar-refractivity contribution in [3.63, 3.8) is 0 Å². The molecule has 0 radical (unpaired) electrons. The van der Waals surface area contributed by atoms with Gasteiger partial charge in [-0.25, -0.2) is 0 Å². The predicted octanol–water partition coefficient (Wildman–Crippen LogP) is 5.38. The summed E-state index contributed by atoms with van der Waals surface area (Å²) >= 11 is 0. The van der Waals surface area contributed by atoms with E-state index in [4.69, 9.17) is 4.74 Å². The molecule has 2 fully saturated rings. The Morgan fingerprint density at radius 3 is 2.37 bits per heavy atom. The van der Waals surface area contributed by atoms with Crippen molar-refractivity contribution in [3.8, 4) is 17.9 Å². The van der Waals surface area contributed by atoms with Crippen LogP contribution in [0.1, 0.15) is 55.1 Å². The van der Waals surface area contributed by atoms with E-state index in [1.54, 1.807) is 7.11 Å². The Balaban J connectivity index is 1.76. The largest absolute Gasteiger partial charge is 0.497 e. The molecular weight excluding hydrogens is 372 g/mol. The van der Waals surface area contributed by atoms with Crippen LogP contribution in [0.25, 0.3) is 0 Å². The third-order valence-corrected chi connectivity index (χ3v) is 7.34. The summed E-state index contributed by atoms with van der Waals surface area (Å²) in [4.78, 5) is 12.9. The summed E-state index contributed by atoms with van der Waals surface area (Å²) in [5, 5.41) is 19.6. The molecule has 152 valence electrons. The van der Waals surface area contributed by atoms with Gasteiger partial charge < -0.3 is 4.74 Å². The fourth-order valence-electron chi connectivity index (χ4n) is 5.87. The van der Waals surface area contributed by atoms with Crippen LogP contribution in [0, 0.1) is 39.9 Å². The summed E-state index contributed by atoms with van der Waals surface area (Å²) in [6.07, 6.45) is 3.36. The van der Waals surface area contributed by atoms with Gasteiger partial charge >= 0.3 is 0 Å². The highest BCUT2D eigenvalue weighted by atomic mass is 16.5. The number of nitriles is 2. The third kappa shape index (κ3) is 3.48. The maximum Gasteiger partial charge on any atom is 0.139 e. The van der Waals surface area contributed by atoms with Crippen LogP contribution in [-0.2, 0) is 4.79 Å². The highest BCUT2D eigenvalue weighted by Gasteiger charge is 2.56. The lowest BCUT2D eigenvalue weighted by Crippen LogP contribution is -2.49. The van der Waals surface area contributed by atoms with Crippen molar-refractivity contribution in [3.05, 3.63) is 65.7 Å². The molecule has 4 heteroatoms. The van der Waals surface area contributed by atoms with E-state index in [2.05, 4.69) is 36.4 Å². The van der Waals surface area contributed by atoms with Crippen LogP contribution < -0.4 is 4.74 Å². The van der Waals surface area contributed by atoms with Crippen LogP contribution in [0.3, 0.4) is 0 Å². The summed E-state index contributed by atoms with van der Waals surface area (Å²) in [7, 11) is 1.64. The smallest absolute Gasteiger partial charge is 0.139 e. The first-order chi connectivity index (χ1) is 14.6. The molecule has 0 aromatic heterocycles. The van der Waals surface area contributed by atoms with Gasteiger partial charge in [-0.2, -0.15) is 10.5 Å². The number of carbonyl (C=O) groups excluding carboxylic acids is 1. The van der Waals surface area contributed by atoms with E-state index < -0.39 is 11.3 Å². The minimum absolute atomic E-state index is 0.0212. The summed E-state index contributed by atoms with van der Waals surface area (Å²) in [6, 6.07) is 22.9. The molecule has 2 saturated carbocycles. The topological polar surface area (TPSA) is 73.9 Å². The lowest BCUT2D eigenvalue weighted by molar-refractivity contribution is -0.130. The monoisotopic (exact) mass is 398 g/mol. The number of rotatable bonds is 4. The lowest BCUT2D eigenvalue weighted by atomic mass is 9.48. The number of nitrogens with zero attached hydrogens (tertiary/aromatic N) is 2. The van der Waals surface area contributed by atoms with Gasteiger partial charge in [-0.15, -0.1) is 0 Å². The van der Waals surface area contributed by atoms with Crippen molar-refractivity contribution in [2.45, 2.75) is 43.9 Å². The van der Waals surface area contributed by atoms with Gasteiger partial charge in [0, 0.05) is 18.3 Å². The number of benzene rings is 2. The van der Waals surface area contributed by atoms with Gasteiger partial charge in [-0.05, 0) is 60.3 Å². The fourth-order valence-corrected chi connectivity index (χ4v) is 5.87. The van der Waals surface area contributed by atoms with Crippen molar-refractivity contribution < 1.29 is 9.53 Å². The highest BCUT2D eigenvalue weighted by Crippen LogP contribution is 2.60. The molecule has 2 aromatic carbocycles. The normalized spacial score (nSPS) is 28.3. The second-order valence-corrected chi connectivity index (χ2v) is 8.71. The Labute approximate surface area is 178 Å². The highest BCUT2D eigenvalue weighted by molar-refractivity contribution is 5.81. The molecule has 2 aromatic rings. The summed E-state index contributed by atoms with van der Waals surface area (Å²) < 4.78 is 5.30. The lowest BCUT2D eigenvalue weighted by Gasteiger charge is -2.53. The van der Waals surface area contributed by atoms with E-state index in [9.17, 15) is 15.3 Å². The number of methoxy groups -OCH3 is 1. The van der Waals surface area contributed by atoms with Crippen molar-refractivity contribution in [1.82, 2.24) is 0 Å². The standard InChI is InChI=1S/C26H26N2O2/c1-30-23-9-7-19(8-10-23)24-14-22(29)15-26(21(16-27)17-28)12-11-20(13-25(24)26)18-5-3-2-4-6-18/h2-10,20-21,24-25H,11-15H2,1H3/t20-,24-,25-,26+/m0/s1. The number of hydrogen-bond donors (Lipinski definition) is 0. The van der Waals surface area contributed by atoms with Gasteiger partial charge in [-0.3, -0.25) is 4.79 Å². The third-order valence-electron chi connectivity index (χ3n) is 7.34. The minimum Gasteiger partial charge on any atom is -0.497 e. The molecule has 4 atom stereocenters. The van der Waals surface area contributed by atoms with E-state index in [0.717, 1.165) is 30.6 Å². The van der Waals surface area contributed by atoms with Crippen molar-refractivity contribution >= 4 is 5.78 Å². The molecule has 0 aliphatic heterocycles. The molecule has 4 rings (SSSR count). The first kappa shape index (κ1) is 20.2. The van der Waals surface area contributed by atoms with Crippen LogP contribution in [0.5, 0.6) is 5.75 Å². The van der Waals surface area contributed by atoms with Gasteiger partial charge in [-0.1, -0.05) is 42.5 Å². The molecule has 0 N–H and O–H groups in total. The number of carbonyl (C=O) groups is 1. The van der Waals surface area contributed by atoms with Crippen molar-refractivity contribution in [1.29, 1.82) is 10.5 Å². The molecule has 0 bridgehead atoms. The predicted molar refractivity (Wildman–Crippen MR) is 114 cm³/mol. The maximum atomic E-state index is 12.9. The number of fused-ring (bicyclic) bond motifs is 1. The number of ketones is 1. The molecule has 0 heterocycles. The number of Topliss-reactive ketones (excluding diaryl/α,β-unsaturated/α-hetero) is 1. The zero-order valence-corrected chi connectivity index (χ0v) is 17.3. The van der Waals surface area contributed by atoms with Crippen LogP contribution >= 0.6 is 0 Å². The number of hydrogen-bond acceptors (Lipinski definition) is 4. The zero-order valence-electron chi connectivity index (χ0n) is 17.3. The molecule has 4 nitrogen and oxygen atoms in total. The van der Waals surface area contributed by atoms with Crippen molar-refractivity contribution in [2.24, 2.45) is 17.3 Å². The molecule has 0 amide bonds. The molecular formula is C26H26N2O2. The second kappa shape index (κ2) is 8.33. The number of ether oxygens (including phenoxy) is 1. The van der Waals surface area contributed by atoms with Crippen LogP contribution in [0.4, 0.5) is 0 Å². The summed E-state index contributed by atoms with van der Waals surface area (Å²) in [5.41, 5.74) is 1.85. The first-order valence-electron chi connectivity index (χ1n) is 10.6. The van der Waals surface area contributed by atoms with E-state index in [1.165, 1.54) is 5.56 Å². The fraction of sp³-hybridized carbons (Fsp3) is 0.423. The van der Waals surface area contributed by atoms with Crippen LogP contribution in [-0.4, -0.2) is 12.9 Å². The quantitative estimate of drug-likeness (QED) is 0.693. The van der Waals surface area contributed by atoms with Crippen LogP contribution in [0.15, 0.2) is 54.6 Å². The minimum atomic E-state index is -0.760. The Kier molecular flexibility index (Phi) is 5.60. The average Bonchev–Trinajstić information content (AvgIpc) is 2.79. The zero-order chi connectivity index (χ0) is 21.1. The molecule has 0 spiro atoms. The average molecular weight is 399 g/mol. The maximum absolute atomic E-state index is 12.9. The van der Waals surface area contributed by atoms with E-state index >= 15 is 0 Å². The Hall–Kier alpha value is -3.11. The Morgan fingerprint density at radius 2 is 1.73 bits per heavy atom. The molecule has 2 aliphatic carbocycles. The van der Waals surface area contributed by atoms with E-state index in [-0.39, 0.29) is 17.6 Å². The second-order valence-electron chi connectivity index (χ2n) is 8.71. The Morgan fingerprint density at radius 1 is 1.03 bits per heavy atom. The van der Waals surface area contributed by atoms with Gasteiger partial charge in [0.1, 0.15) is 17.5 Å². The molecule has 30 heavy (non-hydrogen) atoms. The van der Waals surface area contributed by atoms with E-state index in [0.29, 0.717) is 18.8 Å². The van der Waals surface area contributed by atoms with Gasteiger partial charge in [0.15, 0.2) is 0 Å². The van der Waals surface area contributed by atoms with Gasteiger partial charge in [0.2, 0.25) is 0 Å². The first-order valence-corrected chi connectivity index (χ1v) is 10.6. The van der Waals surface area contributed by atoms with Gasteiger partial charge in [0.25, 0.3) is 0 Å². The van der Waals surface area contributed by atoms with Gasteiger partial charge in [0.05, 0.1) is 19.2 Å². The van der Waals surface area contributed by atoms with E-state index in [1.807, 2.05) is 30.3 Å². The molecule has 2 aliphatic rings.